The molecule has 14 heavy (non-hydrogen) atoms. The maximum Gasteiger partial charge on any atom is 0.109 e. The van der Waals surface area contributed by atoms with Gasteiger partial charge >= 0.3 is 0 Å². The monoisotopic (exact) mass is 192 g/mol. The summed E-state index contributed by atoms with van der Waals surface area (Å²) in [6, 6.07) is 2.61. The predicted octanol–water partition coefficient (Wildman–Crippen LogP) is 2.70. The summed E-state index contributed by atoms with van der Waals surface area (Å²) in [5, 5.41) is 9.40. The van der Waals surface area contributed by atoms with E-state index in [0.717, 1.165) is 25.9 Å². The Morgan fingerprint density at radius 1 is 0.857 bits per heavy atom. The molecule has 1 aliphatic heterocycles. The summed E-state index contributed by atoms with van der Waals surface area (Å²) in [5.74, 6) is 0. The summed E-state index contributed by atoms with van der Waals surface area (Å²) >= 11 is 0. The van der Waals surface area contributed by atoms with Crippen molar-refractivity contribution in [3.63, 3.8) is 0 Å². The molecule has 0 aromatic rings. The summed E-state index contributed by atoms with van der Waals surface area (Å²) in [6.45, 7) is 2.32. The molecule has 1 saturated heterocycles. The van der Waals surface area contributed by atoms with E-state index in [4.69, 9.17) is 0 Å². The highest BCUT2D eigenvalue weighted by molar-refractivity contribution is 5.10. The van der Waals surface area contributed by atoms with Crippen LogP contribution in [0.3, 0.4) is 0 Å². The molecular formula is C12H20N2. The van der Waals surface area contributed by atoms with Crippen LogP contribution in [0.25, 0.3) is 0 Å². The van der Waals surface area contributed by atoms with Gasteiger partial charge in [0.05, 0.1) is 6.07 Å². The predicted molar refractivity (Wildman–Crippen MR) is 56.9 cm³/mol. The fourth-order valence-electron chi connectivity index (χ4n) is 2.96. The van der Waals surface area contributed by atoms with E-state index in [1.807, 2.05) is 0 Å². The first-order chi connectivity index (χ1) is 6.87. The van der Waals surface area contributed by atoms with E-state index < -0.39 is 0 Å². The van der Waals surface area contributed by atoms with Crippen molar-refractivity contribution >= 4 is 0 Å². The minimum absolute atomic E-state index is 0.0708. The number of nitrogens with zero attached hydrogens (tertiary/aromatic N) is 2. The maximum absolute atomic E-state index is 9.40. The quantitative estimate of drug-likeness (QED) is 0.638. The lowest BCUT2D eigenvalue weighted by atomic mass is 9.80. The Hall–Kier alpha value is -0.550. The highest BCUT2D eigenvalue weighted by Crippen LogP contribution is 2.34. The van der Waals surface area contributed by atoms with Gasteiger partial charge in [0.2, 0.25) is 0 Å². The lowest BCUT2D eigenvalue weighted by molar-refractivity contribution is 0.0776. The lowest BCUT2D eigenvalue weighted by Gasteiger charge is -2.43. The highest BCUT2D eigenvalue weighted by atomic mass is 15.2. The first-order valence-corrected chi connectivity index (χ1v) is 6.04. The number of nitriles is 1. The van der Waals surface area contributed by atoms with Crippen molar-refractivity contribution in [2.45, 2.75) is 56.9 Å². The average Bonchev–Trinajstić information content (AvgIpc) is 2.31. The number of likely N-dealkylation sites (tertiary alicyclic amines) is 1. The molecule has 0 aromatic heterocycles. The number of hydrogen-bond donors (Lipinski definition) is 0. The van der Waals surface area contributed by atoms with Gasteiger partial charge in [-0.05, 0) is 38.8 Å². The summed E-state index contributed by atoms with van der Waals surface area (Å²) in [7, 11) is 0. The van der Waals surface area contributed by atoms with Crippen LogP contribution in [-0.2, 0) is 0 Å². The molecule has 0 spiro atoms. The van der Waals surface area contributed by atoms with Gasteiger partial charge in [-0.15, -0.1) is 0 Å². The second-order valence-electron chi connectivity index (χ2n) is 4.75. The molecule has 0 atom stereocenters. The molecule has 2 rings (SSSR count). The molecule has 0 bridgehead atoms. The van der Waals surface area contributed by atoms with E-state index in [1.54, 1.807) is 0 Å². The zero-order valence-electron chi connectivity index (χ0n) is 8.97. The molecule has 1 aliphatic carbocycles. The van der Waals surface area contributed by atoms with Crippen LogP contribution >= 0.6 is 0 Å². The van der Waals surface area contributed by atoms with Crippen molar-refractivity contribution in [3.8, 4) is 6.07 Å². The molecule has 2 heteroatoms. The third kappa shape index (κ3) is 1.79. The Labute approximate surface area is 86.9 Å². The van der Waals surface area contributed by atoms with Gasteiger partial charge < -0.3 is 0 Å². The molecule has 0 N–H and O–H groups in total. The Balaban J connectivity index is 2.06. The van der Waals surface area contributed by atoms with Crippen LogP contribution < -0.4 is 0 Å². The van der Waals surface area contributed by atoms with Crippen LogP contribution in [0.1, 0.15) is 51.4 Å². The van der Waals surface area contributed by atoms with Gasteiger partial charge in [0.25, 0.3) is 0 Å². The Bertz CT molecular complexity index is 217. The molecule has 1 saturated carbocycles. The Kier molecular flexibility index (Phi) is 3.08. The number of hydrogen-bond acceptors (Lipinski definition) is 2. The van der Waals surface area contributed by atoms with Crippen molar-refractivity contribution in [1.82, 2.24) is 4.90 Å². The van der Waals surface area contributed by atoms with Crippen LogP contribution in [-0.4, -0.2) is 23.5 Å². The second kappa shape index (κ2) is 4.31. The average molecular weight is 192 g/mol. The minimum atomic E-state index is -0.0708. The molecular weight excluding hydrogens is 172 g/mol. The van der Waals surface area contributed by atoms with Crippen molar-refractivity contribution < 1.29 is 0 Å². The van der Waals surface area contributed by atoms with E-state index in [1.165, 1.54) is 38.5 Å². The van der Waals surface area contributed by atoms with Gasteiger partial charge in [0.15, 0.2) is 0 Å². The largest absolute Gasteiger partial charge is 0.286 e. The van der Waals surface area contributed by atoms with E-state index in [-0.39, 0.29) is 5.54 Å². The molecule has 1 heterocycles. The first kappa shape index (κ1) is 9.98. The molecule has 0 aromatic carbocycles. The Morgan fingerprint density at radius 2 is 1.43 bits per heavy atom. The van der Waals surface area contributed by atoms with Crippen LogP contribution in [0.4, 0.5) is 0 Å². The third-order valence-corrected chi connectivity index (χ3v) is 3.85. The third-order valence-electron chi connectivity index (χ3n) is 3.85. The van der Waals surface area contributed by atoms with E-state index >= 15 is 0 Å². The summed E-state index contributed by atoms with van der Waals surface area (Å²) in [5.41, 5.74) is -0.0708. The van der Waals surface area contributed by atoms with Crippen LogP contribution in [0.2, 0.25) is 0 Å². The summed E-state index contributed by atoms with van der Waals surface area (Å²) in [4.78, 5) is 2.47. The summed E-state index contributed by atoms with van der Waals surface area (Å²) < 4.78 is 0. The van der Waals surface area contributed by atoms with Gasteiger partial charge in [0, 0.05) is 0 Å². The first-order valence-electron chi connectivity index (χ1n) is 6.04. The van der Waals surface area contributed by atoms with E-state index in [0.29, 0.717) is 0 Å². The Morgan fingerprint density at radius 3 is 2.00 bits per heavy atom. The highest BCUT2D eigenvalue weighted by Gasteiger charge is 2.38. The SMILES string of the molecule is N#CC1(N2CCCCC2)CCCCC1. The van der Waals surface area contributed by atoms with Crippen molar-refractivity contribution in [2.24, 2.45) is 0 Å². The lowest BCUT2D eigenvalue weighted by Crippen LogP contribution is -2.51. The van der Waals surface area contributed by atoms with Gasteiger partial charge in [-0.2, -0.15) is 5.26 Å². The summed E-state index contributed by atoms with van der Waals surface area (Å²) in [6.07, 6.45) is 10.0. The molecule has 2 aliphatic rings. The minimum Gasteiger partial charge on any atom is -0.286 e. The van der Waals surface area contributed by atoms with Gasteiger partial charge in [-0.1, -0.05) is 25.7 Å². The normalized spacial score (nSPS) is 28.2. The van der Waals surface area contributed by atoms with E-state index in [2.05, 4.69) is 11.0 Å². The zero-order valence-corrected chi connectivity index (χ0v) is 8.97. The molecule has 2 fully saturated rings. The smallest absolute Gasteiger partial charge is 0.109 e. The van der Waals surface area contributed by atoms with Gasteiger partial charge in [-0.3, -0.25) is 4.90 Å². The van der Waals surface area contributed by atoms with E-state index in [9.17, 15) is 5.26 Å². The van der Waals surface area contributed by atoms with Crippen molar-refractivity contribution in [3.05, 3.63) is 0 Å². The number of rotatable bonds is 1. The standard InChI is InChI=1S/C12H20N2/c13-11-12(7-3-1-4-8-12)14-9-5-2-6-10-14/h1-10H2. The van der Waals surface area contributed by atoms with Gasteiger partial charge in [0.1, 0.15) is 5.54 Å². The van der Waals surface area contributed by atoms with Crippen LogP contribution in [0.5, 0.6) is 0 Å². The van der Waals surface area contributed by atoms with Gasteiger partial charge in [-0.25, -0.2) is 0 Å². The molecule has 2 nitrogen and oxygen atoms in total. The molecule has 0 unspecified atom stereocenters. The molecule has 78 valence electrons. The second-order valence-corrected chi connectivity index (χ2v) is 4.75. The van der Waals surface area contributed by atoms with Crippen molar-refractivity contribution in [2.75, 3.05) is 13.1 Å². The van der Waals surface area contributed by atoms with Crippen LogP contribution in [0, 0.1) is 11.3 Å². The fraction of sp³-hybridized carbons (Fsp3) is 0.917. The molecule has 0 radical (unpaired) electrons. The van der Waals surface area contributed by atoms with Crippen LogP contribution in [0.15, 0.2) is 0 Å². The molecule has 0 amide bonds. The topological polar surface area (TPSA) is 27.0 Å². The number of piperidine rings is 1. The maximum atomic E-state index is 9.40. The van der Waals surface area contributed by atoms with Crippen molar-refractivity contribution in [1.29, 1.82) is 5.26 Å². The zero-order chi connectivity index (χ0) is 9.86. The fourth-order valence-corrected chi connectivity index (χ4v) is 2.96.